The largest absolute Gasteiger partial charge is 0.458 e. The fourth-order valence-corrected chi connectivity index (χ4v) is 9.01. The van der Waals surface area contributed by atoms with Gasteiger partial charge in [-0.2, -0.15) is 0 Å². The molecule has 0 aromatic rings. The molecule has 2 fully saturated rings. The predicted molar refractivity (Wildman–Crippen MR) is 215 cm³/mol. The van der Waals surface area contributed by atoms with Crippen molar-refractivity contribution >= 4 is 17.5 Å². The Bertz CT molecular complexity index is 1390. The van der Waals surface area contributed by atoms with Crippen LogP contribution in [0.25, 0.3) is 0 Å². The molecule has 1 spiro atoms. The fraction of sp³-hybridized carbons (Fsp3) is 0.800. The van der Waals surface area contributed by atoms with Crippen molar-refractivity contribution in [3.05, 3.63) is 36.5 Å². The van der Waals surface area contributed by atoms with Gasteiger partial charge < -0.3 is 39.7 Å². The minimum absolute atomic E-state index is 0.168. The zero-order valence-corrected chi connectivity index (χ0v) is 35.8. The summed E-state index contributed by atoms with van der Waals surface area (Å²) < 4.78 is 20.0. The maximum atomic E-state index is 13.5. The summed E-state index contributed by atoms with van der Waals surface area (Å²) in [6.07, 6.45) is 9.62. The van der Waals surface area contributed by atoms with E-state index in [1.807, 2.05) is 32.1 Å². The van der Waals surface area contributed by atoms with E-state index in [-0.39, 0.29) is 35.9 Å². The summed E-state index contributed by atoms with van der Waals surface area (Å²) in [6.45, 7) is 19.1. The van der Waals surface area contributed by atoms with Gasteiger partial charge in [0.25, 0.3) is 0 Å². The van der Waals surface area contributed by atoms with Crippen molar-refractivity contribution in [2.24, 2.45) is 53.3 Å². The van der Waals surface area contributed by atoms with Gasteiger partial charge in [-0.25, -0.2) is 4.79 Å². The van der Waals surface area contributed by atoms with Gasteiger partial charge in [-0.15, -0.1) is 0 Å². The number of ether oxygens (including phenoxy) is 3. The van der Waals surface area contributed by atoms with Gasteiger partial charge in [0.05, 0.1) is 36.6 Å². The maximum absolute atomic E-state index is 13.5. The first-order valence-electron chi connectivity index (χ1n) is 21.2. The molecular formula is C45H74O11. The highest BCUT2D eigenvalue weighted by Gasteiger charge is 2.56. The van der Waals surface area contributed by atoms with Crippen molar-refractivity contribution in [1.82, 2.24) is 0 Å². The third-order valence-corrected chi connectivity index (χ3v) is 13.4. The van der Waals surface area contributed by atoms with Crippen LogP contribution < -0.4 is 0 Å². The molecule has 0 aliphatic carbocycles. The Balaban J connectivity index is 1.99. The van der Waals surface area contributed by atoms with E-state index in [2.05, 4.69) is 19.9 Å². The van der Waals surface area contributed by atoms with Crippen molar-refractivity contribution in [2.45, 2.75) is 175 Å². The third-order valence-electron chi connectivity index (χ3n) is 13.4. The van der Waals surface area contributed by atoms with Crippen molar-refractivity contribution in [3.8, 4) is 0 Å². The normalized spacial score (nSPS) is 46.8. The molecule has 0 unspecified atom stereocenters. The number of hydrogen-bond acceptors (Lipinski definition) is 11. The van der Waals surface area contributed by atoms with Gasteiger partial charge in [-0.3, -0.25) is 9.59 Å². The number of aliphatic hydroxyl groups is 5. The van der Waals surface area contributed by atoms with Gasteiger partial charge in [0, 0.05) is 48.0 Å². The van der Waals surface area contributed by atoms with E-state index in [0.717, 1.165) is 19.3 Å². The first kappa shape index (κ1) is 48.1. The van der Waals surface area contributed by atoms with Crippen LogP contribution in [-0.2, 0) is 28.6 Å². The van der Waals surface area contributed by atoms with Crippen LogP contribution in [0.4, 0.5) is 0 Å². The van der Waals surface area contributed by atoms with Gasteiger partial charge >= 0.3 is 5.97 Å². The van der Waals surface area contributed by atoms with Crippen LogP contribution in [0.1, 0.15) is 121 Å². The molecule has 0 radical (unpaired) electrons. The van der Waals surface area contributed by atoms with Crippen LogP contribution in [0.3, 0.4) is 0 Å². The molecule has 2 saturated heterocycles. The second-order valence-electron chi connectivity index (χ2n) is 18.0. The highest BCUT2D eigenvalue weighted by molar-refractivity contribution is 5.91. The van der Waals surface area contributed by atoms with Gasteiger partial charge in [0.15, 0.2) is 11.6 Å². The minimum atomic E-state index is -2.18. The van der Waals surface area contributed by atoms with Crippen molar-refractivity contribution in [2.75, 3.05) is 0 Å². The summed E-state index contributed by atoms with van der Waals surface area (Å²) in [5.41, 5.74) is -2.18. The Kier molecular flexibility index (Phi) is 17.7. The van der Waals surface area contributed by atoms with Gasteiger partial charge in [-0.1, -0.05) is 92.7 Å². The number of Topliss-reactive ketones (excluding diaryl/α,β-unsaturated/α-hetero) is 2. The van der Waals surface area contributed by atoms with Crippen LogP contribution in [0, 0.1) is 53.3 Å². The van der Waals surface area contributed by atoms with Crippen molar-refractivity contribution in [3.63, 3.8) is 0 Å². The molecule has 3 aliphatic rings. The molecule has 11 heteroatoms. The highest BCUT2D eigenvalue weighted by Crippen LogP contribution is 2.49. The number of allylic oxidation sites excluding steroid dienone is 4. The zero-order valence-electron chi connectivity index (χ0n) is 35.8. The third kappa shape index (κ3) is 11.5. The standard InChI is InChI=1S/C45H74O11/c1-12-34-17-15-13-14-16-27(4)42(51)44(11,53)43(52)32(9)40(50)31(8)39(49)30(7)38(48)26(3)18-21-37(47)54-41-29(6)35(20-19-34)55-45(33(41)10)23-22-25(2)36(56-45)24-28(5)46/h13-15,17-18,21,25-36,38,40-42,46,48,50-51,53H,12,16,19-20,22-24H2,1-11H3/b14-13-,17-15-,21-18-/t25-,26-,27+,28+,29+,30-,31-,32-,33-,34-,35-,36-,38+,40+,41+,42-,44+,45-/m0/s1. The zero-order chi connectivity index (χ0) is 42.3. The Morgan fingerprint density at radius 3 is 2.11 bits per heavy atom. The van der Waals surface area contributed by atoms with E-state index < -0.39 is 89.0 Å². The van der Waals surface area contributed by atoms with Crippen molar-refractivity contribution in [1.29, 1.82) is 0 Å². The molecule has 3 rings (SSSR count). The molecule has 3 aliphatic heterocycles. The second kappa shape index (κ2) is 20.6. The minimum Gasteiger partial charge on any atom is -0.458 e. The van der Waals surface area contributed by atoms with E-state index >= 15 is 0 Å². The molecule has 0 amide bonds. The molecule has 320 valence electrons. The lowest BCUT2D eigenvalue weighted by atomic mass is 9.74. The highest BCUT2D eigenvalue weighted by atomic mass is 16.7. The maximum Gasteiger partial charge on any atom is 0.330 e. The monoisotopic (exact) mass is 791 g/mol. The molecule has 0 saturated carbocycles. The number of esters is 1. The molecule has 2 bridgehead atoms. The van der Waals surface area contributed by atoms with Gasteiger partial charge in [0.2, 0.25) is 0 Å². The van der Waals surface area contributed by atoms with E-state index in [0.29, 0.717) is 25.7 Å². The fourth-order valence-electron chi connectivity index (χ4n) is 9.01. The lowest BCUT2D eigenvalue weighted by Gasteiger charge is -2.55. The summed E-state index contributed by atoms with van der Waals surface area (Å²) in [6, 6.07) is 0. The average molecular weight is 791 g/mol. The number of fused-ring (bicyclic) bond motifs is 2. The quantitative estimate of drug-likeness (QED) is 0.216. The topological polar surface area (TPSA) is 180 Å². The molecule has 11 nitrogen and oxygen atoms in total. The average Bonchev–Trinajstić information content (AvgIpc) is 3.16. The summed E-state index contributed by atoms with van der Waals surface area (Å²) in [5, 5.41) is 55.0. The summed E-state index contributed by atoms with van der Waals surface area (Å²) in [5.74, 6) is -7.28. The molecule has 18 atom stereocenters. The van der Waals surface area contributed by atoms with Crippen LogP contribution >= 0.6 is 0 Å². The first-order valence-corrected chi connectivity index (χ1v) is 21.2. The molecule has 0 aromatic carbocycles. The van der Waals surface area contributed by atoms with E-state index in [1.54, 1.807) is 20.8 Å². The van der Waals surface area contributed by atoms with E-state index in [9.17, 15) is 39.9 Å². The Morgan fingerprint density at radius 2 is 1.48 bits per heavy atom. The SMILES string of the molecule is CC[C@H]1/C=C\C=C/C[C@@H](C)[C@H](O)[C@@](C)(O)C(=O)[C@@H](C)[C@H](O)[C@@H](C)C(=O)[C@@H](C)[C@H](O)[C@@H](C)/C=C\C(=O)O[C@@H]2[C@H](C)[C@H](CC1)O[C@]1(CC[C@H](C)[C@H](C[C@@H](C)O)O1)[C@H]2C. The number of carbonyl (C=O) groups is 3. The molecule has 3 heterocycles. The lowest BCUT2D eigenvalue weighted by Crippen LogP contribution is -2.62. The van der Waals surface area contributed by atoms with Crippen LogP contribution in [0.15, 0.2) is 36.5 Å². The summed E-state index contributed by atoms with van der Waals surface area (Å²) in [7, 11) is 0. The first-order chi connectivity index (χ1) is 26.1. The number of rotatable bonds is 3. The number of hydrogen-bond donors (Lipinski definition) is 5. The molecule has 56 heavy (non-hydrogen) atoms. The van der Waals surface area contributed by atoms with E-state index in [4.69, 9.17) is 14.2 Å². The molecular weight excluding hydrogens is 716 g/mol. The van der Waals surface area contributed by atoms with Crippen molar-refractivity contribution < 1.29 is 54.1 Å². The smallest absolute Gasteiger partial charge is 0.330 e. The lowest BCUT2D eigenvalue weighted by molar-refractivity contribution is -0.371. The van der Waals surface area contributed by atoms with E-state index in [1.165, 1.54) is 39.8 Å². The molecule has 0 aromatic heterocycles. The van der Waals surface area contributed by atoms with Gasteiger partial charge in [0.1, 0.15) is 17.5 Å². The summed E-state index contributed by atoms with van der Waals surface area (Å²) >= 11 is 0. The Labute approximate surface area is 336 Å². The Morgan fingerprint density at radius 1 is 0.839 bits per heavy atom. The number of ketones is 2. The van der Waals surface area contributed by atoms with Gasteiger partial charge in [-0.05, 0) is 70.1 Å². The molecule has 5 N–H and O–H groups in total. The second-order valence-corrected chi connectivity index (χ2v) is 18.0. The number of aliphatic hydroxyl groups excluding tert-OH is 4. The number of carbonyl (C=O) groups excluding carboxylic acids is 3. The van der Waals surface area contributed by atoms with Crippen LogP contribution in [-0.4, -0.2) is 97.2 Å². The summed E-state index contributed by atoms with van der Waals surface area (Å²) in [4.78, 5) is 40.5. The van der Waals surface area contributed by atoms with Crippen LogP contribution in [0.5, 0.6) is 0 Å². The predicted octanol–water partition coefficient (Wildman–Crippen LogP) is 5.88. The van der Waals surface area contributed by atoms with Crippen LogP contribution in [0.2, 0.25) is 0 Å². The Hall–Kier alpha value is -2.25.